The third kappa shape index (κ3) is 13.6. The van der Waals surface area contributed by atoms with Crippen LogP contribution in [-0.2, 0) is 22.2 Å². The Bertz CT molecular complexity index is 416. The Labute approximate surface area is 149 Å². The first kappa shape index (κ1) is 24.4. The Morgan fingerprint density at radius 3 is 2.08 bits per heavy atom. The van der Waals surface area contributed by atoms with Gasteiger partial charge in [-0.2, -0.15) is 0 Å². The molecule has 8 nitrogen and oxygen atoms in total. The minimum Gasteiger partial charge on any atom is -0.435 e. The van der Waals surface area contributed by atoms with Gasteiger partial charge in [0.05, 0.1) is 27.7 Å². The van der Waals surface area contributed by atoms with E-state index in [-0.39, 0.29) is 13.2 Å². The number of nitrogens with one attached hydrogen (secondary N) is 1. The Morgan fingerprint density at radius 2 is 1.62 bits per heavy atom. The van der Waals surface area contributed by atoms with E-state index in [1.54, 1.807) is 7.11 Å². The van der Waals surface area contributed by atoms with Crippen molar-refractivity contribution in [1.29, 1.82) is 0 Å². The number of hydrogen-bond acceptors (Lipinski definition) is 6. The molecule has 2 unspecified atom stereocenters. The quantitative estimate of drug-likeness (QED) is 0.209. The topological polar surface area (TPSA) is 86.3 Å². The molecule has 0 amide bonds. The van der Waals surface area contributed by atoms with E-state index < -0.39 is 24.7 Å². The normalized spacial score (nSPS) is 18.2. The van der Waals surface area contributed by atoms with Crippen LogP contribution in [0, 0.1) is 0 Å². The summed E-state index contributed by atoms with van der Waals surface area (Å²) in [5, 5.41) is 3.17. The summed E-state index contributed by atoms with van der Waals surface area (Å²) in [7, 11) is -0.338. The number of hydrogen-bond donors (Lipinski definition) is 2. The van der Waals surface area contributed by atoms with E-state index in [0.717, 1.165) is 0 Å². The molecule has 0 heterocycles. The number of likely N-dealkylation sites (N-methyl/N-ethyl adjacent to an activating group) is 1. The molecule has 0 aromatic rings. The van der Waals surface area contributed by atoms with E-state index in [0.29, 0.717) is 23.7 Å². The van der Waals surface area contributed by atoms with Crippen molar-refractivity contribution in [3.05, 3.63) is 0 Å². The van der Waals surface area contributed by atoms with E-state index in [9.17, 15) is 9.46 Å². The molecule has 0 radical (unpaired) electrons. The highest BCUT2D eigenvalue weighted by molar-refractivity contribution is 7.47. The fourth-order valence-electron chi connectivity index (χ4n) is 1.81. The summed E-state index contributed by atoms with van der Waals surface area (Å²) >= 11 is 0. The summed E-state index contributed by atoms with van der Waals surface area (Å²) in [6.07, 6.45) is 0.592. The smallest absolute Gasteiger partial charge is 0.435 e. The van der Waals surface area contributed by atoms with E-state index in [4.69, 9.17) is 17.6 Å². The molecular weight excluding hydrogens is 367 g/mol. The molecule has 0 aliphatic rings. The molecule has 0 bridgehead atoms. The van der Waals surface area contributed by atoms with Gasteiger partial charge in [-0.25, -0.2) is 4.57 Å². The number of nitrogens with zero attached hydrogens (tertiary/aromatic N) is 1. The molecule has 0 aliphatic carbocycles. The average molecular weight is 404 g/mol. The van der Waals surface area contributed by atoms with Gasteiger partial charge in [-0.3, -0.25) is 9.05 Å². The molecule has 0 aromatic heterocycles. The molecule has 0 spiro atoms. The van der Waals surface area contributed by atoms with Gasteiger partial charge in [0.1, 0.15) is 13.2 Å². The van der Waals surface area contributed by atoms with Crippen molar-refractivity contribution < 1.29 is 31.5 Å². The summed E-state index contributed by atoms with van der Waals surface area (Å²) in [5.74, 6) is 0. The van der Waals surface area contributed by atoms with E-state index in [1.165, 1.54) is 0 Å². The number of phosphoric ester groups is 1. The monoisotopic (exact) mass is 403 g/mol. The number of quaternary nitrogens is 1. The van der Waals surface area contributed by atoms with Crippen LogP contribution < -0.4 is 5.32 Å². The molecule has 0 saturated heterocycles. The standard InChI is InChI=1S/C13H35N2O6PSi2/c1-15(2,3)10-12-20-22(16,17)19-11-9-14-13-24(8,18-4)21-23(5,6)7/h14H,9-13H2,1-8H3/p+1. The van der Waals surface area contributed by atoms with Crippen molar-refractivity contribution in [1.82, 2.24) is 5.32 Å². The Morgan fingerprint density at radius 1 is 1.08 bits per heavy atom. The van der Waals surface area contributed by atoms with E-state index in [2.05, 4.69) is 25.0 Å². The van der Waals surface area contributed by atoms with Crippen LogP contribution in [0.1, 0.15) is 0 Å². The maximum absolute atomic E-state index is 11.7. The SMILES string of the molecule is CO[Si](C)(CNCCOP(=O)(O)OCC[N+](C)(C)C)O[Si](C)(C)C. The van der Waals surface area contributed by atoms with Crippen molar-refractivity contribution in [3.63, 3.8) is 0 Å². The third-order valence-corrected chi connectivity index (χ3v) is 9.90. The Balaban J connectivity index is 4.05. The fraction of sp³-hybridized carbons (Fsp3) is 1.00. The van der Waals surface area contributed by atoms with Crippen molar-refractivity contribution in [2.45, 2.75) is 26.2 Å². The highest BCUT2D eigenvalue weighted by Crippen LogP contribution is 2.42. The maximum Gasteiger partial charge on any atom is 0.472 e. The van der Waals surface area contributed by atoms with Crippen molar-refractivity contribution >= 4 is 24.7 Å². The van der Waals surface area contributed by atoms with Gasteiger partial charge >= 0.3 is 16.4 Å². The second-order valence-corrected chi connectivity index (χ2v) is 17.4. The second-order valence-electron chi connectivity index (χ2n) is 7.88. The molecule has 0 rings (SSSR count). The van der Waals surface area contributed by atoms with Crippen molar-refractivity contribution in [2.75, 3.05) is 60.7 Å². The van der Waals surface area contributed by atoms with Crippen molar-refractivity contribution in [2.24, 2.45) is 0 Å². The van der Waals surface area contributed by atoms with Gasteiger partial charge in [-0.1, -0.05) is 0 Å². The minimum absolute atomic E-state index is 0.0826. The van der Waals surface area contributed by atoms with Gasteiger partial charge in [0.25, 0.3) is 0 Å². The van der Waals surface area contributed by atoms with Gasteiger partial charge < -0.3 is 23.2 Å². The zero-order chi connectivity index (χ0) is 19.1. The van der Waals surface area contributed by atoms with Crippen LogP contribution in [0.5, 0.6) is 0 Å². The third-order valence-electron chi connectivity index (χ3n) is 2.95. The second kappa shape index (κ2) is 9.91. The average Bonchev–Trinajstić information content (AvgIpc) is 2.34. The first-order valence-electron chi connectivity index (χ1n) is 8.06. The summed E-state index contributed by atoms with van der Waals surface area (Å²) < 4.78 is 34.0. The first-order chi connectivity index (χ1) is 10.7. The van der Waals surface area contributed by atoms with Gasteiger partial charge in [-0.05, 0) is 26.2 Å². The molecule has 24 heavy (non-hydrogen) atoms. The predicted molar refractivity (Wildman–Crippen MR) is 101 cm³/mol. The molecule has 0 fully saturated rings. The van der Waals surface area contributed by atoms with Gasteiger partial charge in [-0.15, -0.1) is 0 Å². The summed E-state index contributed by atoms with van der Waals surface area (Å²) in [6, 6.07) is 0. The first-order valence-corrected chi connectivity index (χ1v) is 15.5. The predicted octanol–water partition coefficient (Wildman–Crippen LogP) is 1.52. The number of rotatable bonds is 13. The van der Waals surface area contributed by atoms with Gasteiger partial charge in [0, 0.05) is 19.8 Å². The minimum atomic E-state index is -3.99. The van der Waals surface area contributed by atoms with Crippen LogP contribution in [0.2, 0.25) is 26.2 Å². The lowest BCUT2D eigenvalue weighted by atomic mass is 10.5. The largest absolute Gasteiger partial charge is 0.472 e. The summed E-state index contributed by atoms with van der Waals surface area (Å²) in [5.41, 5.74) is 0. The Hall–Kier alpha value is 0.384. The lowest BCUT2D eigenvalue weighted by molar-refractivity contribution is -0.870. The van der Waals surface area contributed by atoms with E-state index >= 15 is 0 Å². The number of phosphoric acid groups is 1. The molecule has 2 atom stereocenters. The van der Waals surface area contributed by atoms with Gasteiger partial charge in [0.15, 0.2) is 8.32 Å². The zero-order valence-corrected chi connectivity index (χ0v) is 19.3. The molecule has 0 aliphatic heterocycles. The molecule has 11 heteroatoms. The molecule has 146 valence electrons. The lowest BCUT2D eigenvalue weighted by Gasteiger charge is -2.32. The molecule has 0 aromatic carbocycles. The van der Waals surface area contributed by atoms with Gasteiger partial charge in [0.2, 0.25) is 0 Å². The van der Waals surface area contributed by atoms with Crippen LogP contribution in [0.25, 0.3) is 0 Å². The van der Waals surface area contributed by atoms with Crippen LogP contribution in [-0.4, -0.2) is 87.0 Å². The summed E-state index contributed by atoms with van der Waals surface area (Å²) in [4.78, 5) is 9.61. The Kier molecular flexibility index (Phi) is 10.1. The van der Waals surface area contributed by atoms with Crippen molar-refractivity contribution in [3.8, 4) is 0 Å². The van der Waals surface area contributed by atoms with Crippen LogP contribution in [0.15, 0.2) is 0 Å². The van der Waals surface area contributed by atoms with Crippen LogP contribution in [0.4, 0.5) is 0 Å². The molecule has 2 N–H and O–H groups in total. The molecule has 0 saturated carbocycles. The van der Waals surface area contributed by atoms with Crippen LogP contribution in [0.3, 0.4) is 0 Å². The van der Waals surface area contributed by atoms with E-state index in [1.807, 2.05) is 27.7 Å². The molecular formula is C13H36N2O6PSi2+. The lowest BCUT2D eigenvalue weighted by Crippen LogP contribution is -2.53. The van der Waals surface area contributed by atoms with Crippen LogP contribution >= 0.6 is 7.82 Å². The zero-order valence-electron chi connectivity index (χ0n) is 16.4. The highest BCUT2D eigenvalue weighted by atomic mass is 31.2. The highest BCUT2D eigenvalue weighted by Gasteiger charge is 2.35. The fourth-order valence-corrected chi connectivity index (χ4v) is 9.10. The maximum atomic E-state index is 11.7. The summed E-state index contributed by atoms with van der Waals surface area (Å²) in [6.45, 7) is 9.66.